The molecule has 0 aliphatic carbocycles. The molecule has 120 valence electrons. The molecule has 1 aliphatic heterocycles. The average molecular weight is 292 g/mol. The maximum atomic E-state index is 4.81. The molecular weight excluding hydrogens is 260 g/mol. The van der Waals surface area contributed by atoms with Gasteiger partial charge in [0.2, 0.25) is 0 Å². The molecule has 1 fully saturated rings. The standard InChI is InChI=1S/C17H32N4/c1-5-8-15-12-20(14(4)11-18-15)13-16-9-10-21(19-16)17(6-2)7-3/h9-10,14-15,17-18H,5-8,11-13H2,1-4H3. The molecule has 4 heteroatoms. The van der Waals surface area contributed by atoms with Crippen LogP contribution < -0.4 is 5.32 Å². The Morgan fingerprint density at radius 3 is 2.76 bits per heavy atom. The first-order valence-corrected chi connectivity index (χ1v) is 8.69. The minimum atomic E-state index is 0.548. The second-order valence-electron chi connectivity index (χ2n) is 6.43. The summed E-state index contributed by atoms with van der Waals surface area (Å²) < 4.78 is 2.16. The minimum absolute atomic E-state index is 0.548. The smallest absolute Gasteiger partial charge is 0.0765 e. The van der Waals surface area contributed by atoms with Gasteiger partial charge in [0.25, 0.3) is 0 Å². The second-order valence-corrected chi connectivity index (χ2v) is 6.43. The molecule has 0 spiro atoms. The summed E-state index contributed by atoms with van der Waals surface area (Å²) in [5, 5.41) is 8.47. The van der Waals surface area contributed by atoms with Crippen LogP contribution in [0.3, 0.4) is 0 Å². The molecular formula is C17H32N4. The Balaban J connectivity index is 1.96. The average Bonchev–Trinajstić information content (AvgIpc) is 2.93. The van der Waals surface area contributed by atoms with Crippen LogP contribution >= 0.6 is 0 Å². The lowest BCUT2D eigenvalue weighted by Crippen LogP contribution is -2.54. The summed E-state index contributed by atoms with van der Waals surface area (Å²) in [5.74, 6) is 0. The second kappa shape index (κ2) is 7.95. The van der Waals surface area contributed by atoms with Gasteiger partial charge in [-0.15, -0.1) is 0 Å². The molecule has 1 aliphatic rings. The lowest BCUT2D eigenvalue weighted by molar-refractivity contribution is 0.127. The van der Waals surface area contributed by atoms with Crippen molar-refractivity contribution in [3.63, 3.8) is 0 Å². The molecule has 0 aromatic carbocycles. The Hall–Kier alpha value is -0.870. The quantitative estimate of drug-likeness (QED) is 0.838. The molecule has 0 amide bonds. The molecule has 21 heavy (non-hydrogen) atoms. The van der Waals surface area contributed by atoms with E-state index in [9.17, 15) is 0 Å². The fourth-order valence-electron chi connectivity index (χ4n) is 3.29. The fraction of sp³-hybridized carbons (Fsp3) is 0.824. The van der Waals surface area contributed by atoms with Crippen LogP contribution in [0, 0.1) is 0 Å². The number of hydrogen-bond donors (Lipinski definition) is 1. The number of hydrogen-bond acceptors (Lipinski definition) is 3. The van der Waals surface area contributed by atoms with Crippen LogP contribution in [0.15, 0.2) is 12.3 Å². The zero-order chi connectivity index (χ0) is 15.2. The van der Waals surface area contributed by atoms with Crippen LogP contribution in [-0.2, 0) is 6.54 Å². The van der Waals surface area contributed by atoms with Crippen molar-refractivity contribution >= 4 is 0 Å². The normalized spacial score (nSPS) is 23.9. The molecule has 1 N–H and O–H groups in total. The Morgan fingerprint density at radius 2 is 2.10 bits per heavy atom. The van der Waals surface area contributed by atoms with Crippen molar-refractivity contribution < 1.29 is 0 Å². The minimum Gasteiger partial charge on any atom is -0.311 e. The zero-order valence-corrected chi connectivity index (χ0v) is 14.2. The summed E-state index contributed by atoms with van der Waals surface area (Å²) in [6.07, 6.45) is 6.98. The van der Waals surface area contributed by atoms with E-state index in [1.54, 1.807) is 0 Å². The first-order chi connectivity index (χ1) is 10.2. The van der Waals surface area contributed by atoms with Gasteiger partial charge in [0, 0.05) is 37.9 Å². The Bertz CT molecular complexity index is 411. The number of piperazine rings is 1. The van der Waals surface area contributed by atoms with Crippen molar-refractivity contribution in [2.24, 2.45) is 0 Å². The first-order valence-electron chi connectivity index (χ1n) is 8.69. The molecule has 4 nitrogen and oxygen atoms in total. The number of rotatable bonds is 7. The molecule has 1 saturated heterocycles. The van der Waals surface area contributed by atoms with Gasteiger partial charge in [-0.05, 0) is 32.3 Å². The summed E-state index contributed by atoms with van der Waals surface area (Å²) in [6.45, 7) is 12.3. The predicted molar refractivity (Wildman–Crippen MR) is 88.4 cm³/mol. The van der Waals surface area contributed by atoms with Gasteiger partial charge in [0.1, 0.15) is 0 Å². The van der Waals surface area contributed by atoms with Gasteiger partial charge in [0.15, 0.2) is 0 Å². The summed E-state index contributed by atoms with van der Waals surface area (Å²) in [4.78, 5) is 2.58. The summed E-state index contributed by atoms with van der Waals surface area (Å²) in [5.41, 5.74) is 1.21. The Kier molecular flexibility index (Phi) is 6.24. The maximum absolute atomic E-state index is 4.81. The molecule has 0 radical (unpaired) electrons. The van der Waals surface area contributed by atoms with E-state index >= 15 is 0 Å². The van der Waals surface area contributed by atoms with Gasteiger partial charge in [-0.2, -0.15) is 5.10 Å². The highest BCUT2D eigenvalue weighted by molar-refractivity contribution is 5.01. The van der Waals surface area contributed by atoms with Crippen LogP contribution in [0.4, 0.5) is 0 Å². The largest absolute Gasteiger partial charge is 0.311 e. The Labute approximate surface area is 129 Å². The van der Waals surface area contributed by atoms with E-state index in [1.807, 2.05) is 0 Å². The number of nitrogens with one attached hydrogen (secondary N) is 1. The molecule has 2 unspecified atom stereocenters. The van der Waals surface area contributed by atoms with Crippen molar-refractivity contribution in [1.29, 1.82) is 0 Å². The van der Waals surface area contributed by atoms with Gasteiger partial charge >= 0.3 is 0 Å². The zero-order valence-electron chi connectivity index (χ0n) is 14.2. The van der Waals surface area contributed by atoms with Gasteiger partial charge in [-0.3, -0.25) is 9.58 Å². The van der Waals surface area contributed by atoms with Crippen molar-refractivity contribution in [3.8, 4) is 0 Å². The molecule has 1 aromatic rings. The molecule has 0 saturated carbocycles. The van der Waals surface area contributed by atoms with E-state index in [4.69, 9.17) is 5.10 Å². The molecule has 0 bridgehead atoms. The van der Waals surface area contributed by atoms with Gasteiger partial charge in [-0.25, -0.2) is 0 Å². The summed E-state index contributed by atoms with van der Waals surface area (Å²) in [7, 11) is 0. The third-order valence-electron chi connectivity index (χ3n) is 4.76. The van der Waals surface area contributed by atoms with E-state index in [1.165, 1.54) is 18.5 Å². The van der Waals surface area contributed by atoms with E-state index < -0.39 is 0 Å². The van der Waals surface area contributed by atoms with Crippen molar-refractivity contribution in [1.82, 2.24) is 20.0 Å². The van der Waals surface area contributed by atoms with Crippen LogP contribution in [0.5, 0.6) is 0 Å². The first kappa shape index (κ1) is 16.5. The molecule has 2 rings (SSSR count). The van der Waals surface area contributed by atoms with Crippen molar-refractivity contribution in [2.75, 3.05) is 13.1 Å². The molecule has 2 atom stereocenters. The predicted octanol–water partition coefficient (Wildman–Crippen LogP) is 3.21. The van der Waals surface area contributed by atoms with Gasteiger partial charge < -0.3 is 5.32 Å². The lowest BCUT2D eigenvalue weighted by Gasteiger charge is -2.38. The van der Waals surface area contributed by atoms with Gasteiger partial charge in [-0.1, -0.05) is 27.2 Å². The number of aromatic nitrogens is 2. The summed E-state index contributed by atoms with van der Waals surface area (Å²) in [6, 6.07) is 3.98. The third-order valence-corrected chi connectivity index (χ3v) is 4.76. The van der Waals surface area contributed by atoms with Crippen LogP contribution in [0.2, 0.25) is 0 Å². The summed E-state index contributed by atoms with van der Waals surface area (Å²) >= 11 is 0. The Morgan fingerprint density at radius 1 is 1.33 bits per heavy atom. The van der Waals surface area contributed by atoms with E-state index in [2.05, 4.69) is 54.9 Å². The van der Waals surface area contributed by atoms with Gasteiger partial charge in [0.05, 0.1) is 11.7 Å². The number of nitrogens with zero attached hydrogens (tertiary/aromatic N) is 3. The van der Waals surface area contributed by atoms with Crippen LogP contribution in [0.25, 0.3) is 0 Å². The lowest BCUT2D eigenvalue weighted by atomic mass is 10.1. The molecule has 2 heterocycles. The van der Waals surface area contributed by atoms with E-state index in [-0.39, 0.29) is 0 Å². The van der Waals surface area contributed by atoms with Crippen LogP contribution in [-0.4, -0.2) is 39.9 Å². The molecule has 1 aromatic heterocycles. The van der Waals surface area contributed by atoms with E-state index in [0.29, 0.717) is 18.1 Å². The van der Waals surface area contributed by atoms with E-state index in [0.717, 1.165) is 32.5 Å². The topological polar surface area (TPSA) is 33.1 Å². The van der Waals surface area contributed by atoms with Crippen LogP contribution in [0.1, 0.15) is 65.1 Å². The SMILES string of the molecule is CCCC1CN(Cc2ccn(C(CC)CC)n2)C(C)CN1. The highest BCUT2D eigenvalue weighted by atomic mass is 15.3. The van der Waals surface area contributed by atoms with Crippen molar-refractivity contribution in [2.45, 2.75) is 78.0 Å². The fourth-order valence-corrected chi connectivity index (χ4v) is 3.29. The maximum Gasteiger partial charge on any atom is 0.0765 e. The highest BCUT2D eigenvalue weighted by Crippen LogP contribution is 2.17. The highest BCUT2D eigenvalue weighted by Gasteiger charge is 2.25. The van der Waals surface area contributed by atoms with Crippen molar-refractivity contribution in [3.05, 3.63) is 18.0 Å². The third kappa shape index (κ3) is 4.30. The monoisotopic (exact) mass is 292 g/mol.